The number of fused-ring (bicyclic) bond motifs is 3. The second-order valence-electron chi connectivity index (χ2n) is 5.76. The van der Waals surface area contributed by atoms with Crippen LogP contribution in [0.25, 0.3) is 10.6 Å². The fourth-order valence-corrected chi connectivity index (χ4v) is 3.66. The molecule has 128 valence electrons. The Kier molecular flexibility index (Phi) is 3.69. The lowest BCUT2D eigenvalue weighted by Crippen LogP contribution is -2.46. The molecule has 7 nitrogen and oxygen atoms in total. The predicted molar refractivity (Wildman–Crippen MR) is 92.5 cm³/mol. The van der Waals surface area contributed by atoms with Crippen molar-refractivity contribution in [1.82, 2.24) is 10.3 Å². The topological polar surface area (TPSA) is 80.8 Å². The van der Waals surface area contributed by atoms with Crippen molar-refractivity contribution >= 4 is 29.0 Å². The summed E-state index contributed by atoms with van der Waals surface area (Å²) in [4.78, 5) is 29.3. The first-order chi connectivity index (χ1) is 12.0. The smallest absolute Gasteiger partial charge is 0.415 e. The van der Waals surface area contributed by atoms with Crippen LogP contribution in [0.15, 0.2) is 42.1 Å². The zero-order valence-electron chi connectivity index (χ0n) is 13.4. The Morgan fingerprint density at radius 1 is 1.48 bits per heavy atom. The maximum absolute atomic E-state index is 12.4. The number of rotatable bonds is 3. The Balaban J connectivity index is 1.68. The summed E-state index contributed by atoms with van der Waals surface area (Å²) in [7, 11) is 0. The van der Waals surface area contributed by atoms with E-state index in [1.165, 1.54) is 23.2 Å². The molecule has 0 saturated carbocycles. The molecule has 1 fully saturated rings. The Morgan fingerprint density at radius 3 is 3.04 bits per heavy atom. The largest absolute Gasteiger partial charge is 0.458 e. The van der Waals surface area contributed by atoms with Gasteiger partial charge in [0, 0.05) is 24.1 Å². The third kappa shape index (κ3) is 2.64. The quantitative estimate of drug-likeness (QED) is 0.913. The van der Waals surface area contributed by atoms with E-state index < -0.39 is 18.2 Å². The Morgan fingerprint density at radius 2 is 2.32 bits per heavy atom. The second kappa shape index (κ2) is 5.89. The lowest BCUT2D eigenvalue weighted by Gasteiger charge is -2.32. The minimum atomic E-state index is -0.546. The van der Waals surface area contributed by atoms with Crippen LogP contribution >= 0.6 is 11.3 Å². The van der Waals surface area contributed by atoms with E-state index in [2.05, 4.69) is 16.9 Å². The molecule has 1 N–H and O–H groups in total. The normalized spacial score (nSPS) is 21.2. The van der Waals surface area contributed by atoms with Crippen LogP contribution in [0.1, 0.15) is 6.92 Å². The van der Waals surface area contributed by atoms with E-state index >= 15 is 0 Å². The SMILES string of the molecule is C=C1Oc2cc(-c3nccs3)ccc2N2C(=O)OC(CNC(C)=O)C12. The Hall–Kier alpha value is -2.87. The molecule has 2 atom stereocenters. The third-order valence-electron chi connectivity index (χ3n) is 4.10. The molecule has 2 aliphatic rings. The van der Waals surface area contributed by atoms with Crippen LogP contribution in [-0.4, -0.2) is 35.7 Å². The van der Waals surface area contributed by atoms with Gasteiger partial charge in [0.15, 0.2) is 5.75 Å². The summed E-state index contributed by atoms with van der Waals surface area (Å²) in [6.45, 7) is 5.56. The summed E-state index contributed by atoms with van der Waals surface area (Å²) < 4.78 is 11.3. The van der Waals surface area contributed by atoms with Gasteiger partial charge in [0.05, 0.1) is 12.2 Å². The molecule has 2 aromatic rings. The molecule has 1 aromatic carbocycles. The van der Waals surface area contributed by atoms with Gasteiger partial charge < -0.3 is 14.8 Å². The van der Waals surface area contributed by atoms with E-state index in [0.29, 0.717) is 17.2 Å². The van der Waals surface area contributed by atoms with Crippen molar-refractivity contribution in [2.45, 2.75) is 19.1 Å². The number of benzene rings is 1. The van der Waals surface area contributed by atoms with Crippen molar-refractivity contribution < 1.29 is 19.1 Å². The van der Waals surface area contributed by atoms with Gasteiger partial charge in [0.1, 0.15) is 22.9 Å². The number of aromatic nitrogens is 1. The number of cyclic esters (lactones) is 1. The molecular weight excluding hydrogens is 342 g/mol. The molecule has 2 amide bonds. The monoisotopic (exact) mass is 357 g/mol. The van der Waals surface area contributed by atoms with E-state index in [0.717, 1.165) is 10.6 Å². The van der Waals surface area contributed by atoms with Crippen molar-refractivity contribution in [3.05, 3.63) is 42.1 Å². The number of hydrogen-bond acceptors (Lipinski definition) is 6. The number of thiazole rings is 1. The summed E-state index contributed by atoms with van der Waals surface area (Å²) in [6.07, 6.45) is 0.712. The summed E-state index contributed by atoms with van der Waals surface area (Å²) in [5.41, 5.74) is 1.52. The number of nitrogens with one attached hydrogen (secondary N) is 1. The molecule has 8 heteroatoms. The molecule has 1 aromatic heterocycles. The molecule has 25 heavy (non-hydrogen) atoms. The molecule has 2 unspecified atom stereocenters. The van der Waals surface area contributed by atoms with E-state index in [1.807, 2.05) is 23.6 Å². The van der Waals surface area contributed by atoms with Gasteiger partial charge in [-0.15, -0.1) is 11.3 Å². The van der Waals surface area contributed by atoms with Crippen molar-refractivity contribution in [1.29, 1.82) is 0 Å². The number of nitrogens with zero attached hydrogens (tertiary/aromatic N) is 2. The molecule has 0 spiro atoms. The lowest BCUT2D eigenvalue weighted by molar-refractivity contribution is -0.119. The molecule has 3 heterocycles. The van der Waals surface area contributed by atoms with E-state index in [1.54, 1.807) is 6.20 Å². The summed E-state index contributed by atoms with van der Waals surface area (Å²) in [5, 5.41) is 5.43. The summed E-state index contributed by atoms with van der Waals surface area (Å²) in [6, 6.07) is 5.07. The maximum Gasteiger partial charge on any atom is 0.415 e. The highest BCUT2D eigenvalue weighted by molar-refractivity contribution is 7.13. The highest BCUT2D eigenvalue weighted by atomic mass is 32.1. The fourth-order valence-electron chi connectivity index (χ4n) is 3.02. The molecule has 0 aliphatic carbocycles. The Labute approximate surface area is 147 Å². The molecule has 1 saturated heterocycles. The standard InChI is InChI=1S/C17H15N3O4S/c1-9-15-14(8-19-10(2)21)24-17(22)20(15)12-4-3-11(7-13(12)23-9)16-18-5-6-25-16/h3-7,14-15H,1,8H2,2H3,(H,19,21). The number of carbonyl (C=O) groups is 2. The van der Waals surface area contributed by atoms with Gasteiger partial charge in [-0.2, -0.15) is 0 Å². The van der Waals surface area contributed by atoms with Crippen molar-refractivity contribution in [2.75, 3.05) is 11.4 Å². The average molecular weight is 357 g/mol. The zero-order chi connectivity index (χ0) is 17.6. The first-order valence-corrected chi connectivity index (χ1v) is 8.57. The van der Waals surface area contributed by atoms with Gasteiger partial charge in [0.2, 0.25) is 5.91 Å². The fraction of sp³-hybridized carbons (Fsp3) is 0.235. The average Bonchev–Trinajstić information content (AvgIpc) is 3.21. The van der Waals surface area contributed by atoms with E-state index in [9.17, 15) is 9.59 Å². The molecule has 0 radical (unpaired) electrons. The number of ether oxygens (including phenoxy) is 2. The van der Waals surface area contributed by atoms with Crippen molar-refractivity contribution in [2.24, 2.45) is 0 Å². The van der Waals surface area contributed by atoms with Gasteiger partial charge in [-0.05, 0) is 18.2 Å². The highest BCUT2D eigenvalue weighted by Gasteiger charge is 2.48. The number of hydrogen-bond donors (Lipinski definition) is 1. The Bertz CT molecular complexity index is 865. The first-order valence-electron chi connectivity index (χ1n) is 7.69. The van der Waals surface area contributed by atoms with Gasteiger partial charge in [0.25, 0.3) is 0 Å². The van der Waals surface area contributed by atoms with Gasteiger partial charge in [-0.1, -0.05) is 6.58 Å². The highest BCUT2D eigenvalue weighted by Crippen LogP contribution is 2.44. The van der Waals surface area contributed by atoms with Crippen LogP contribution in [0.5, 0.6) is 5.75 Å². The van der Waals surface area contributed by atoms with Crippen LogP contribution < -0.4 is 15.0 Å². The van der Waals surface area contributed by atoms with E-state index in [-0.39, 0.29) is 12.5 Å². The maximum atomic E-state index is 12.4. The van der Waals surface area contributed by atoms with Crippen molar-refractivity contribution in [3.63, 3.8) is 0 Å². The van der Waals surface area contributed by atoms with Crippen molar-refractivity contribution in [3.8, 4) is 16.3 Å². The molecule has 0 bridgehead atoms. The van der Waals surface area contributed by atoms with Crippen LogP contribution in [0, 0.1) is 0 Å². The number of amides is 2. The predicted octanol–water partition coefficient (Wildman–Crippen LogP) is 2.55. The second-order valence-corrected chi connectivity index (χ2v) is 6.66. The third-order valence-corrected chi connectivity index (χ3v) is 4.92. The molecule has 4 rings (SSSR count). The lowest BCUT2D eigenvalue weighted by atomic mass is 10.0. The van der Waals surface area contributed by atoms with Gasteiger partial charge >= 0.3 is 6.09 Å². The van der Waals surface area contributed by atoms with Crippen LogP contribution in [-0.2, 0) is 9.53 Å². The number of anilines is 1. The van der Waals surface area contributed by atoms with Crippen LogP contribution in [0.4, 0.5) is 10.5 Å². The first kappa shape index (κ1) is 15.6. The van der Waals surface area contributed by atoms with Gasteiger partial charge in [-0.3, -0.25) is 9.69 Å². The van der Waals surface area contributed by atoms with E-state index in [4.69, 9.17) is 9.47 Å². The van der Waals surface area contributed by atoms with Crippen LogP contribution in [0.3, 0.4) is 0 Å². The molecule has 2 aliphatic heterocycles. The van der Waals surface area contributed by atoms with Crippen LogP contribution in [0.2, 0.25) is 0 Å². The zero-order valence-corrected chi connectivity index (χ0v) is 14.2. The molecular formula is C17H15N3O4S. The minimum absolute atomic E-state index is 0.190. The summed E-state index contributed by atoms with van der Waals surface area (Å²) >= 11 is 1.52. The minimum Gasteiger partial charge on any atom is -0.458 e. The number of carbonyl (C=O) groups excluding carboxylic acids is 2. The summed E-state index contributed by atoms with van der Waals surface area (Å²) in [5.74, 6) is 0.751. The van der Waals surface area contributed by atoms with Gasteiger partial charge in [-0.25, -0.2) is 9.78 Å².